The summed E-state index contributed by atoms with van der Waals surface area (Å²) in [7, 11) is 0. The van der Waals surface area contributed by atoms with Gasteiger partial charge in [0.2, 0.25) is 0 Å². The lowest BCUT2D eigenvalue weighted by atomic mass is 9.33. The minimum Gasteiger partial charge on any atom is -0.310 e. The van der Waals surface area contributed by atoms with Gasteiger partial charge in [0.1, 0.15) is 0 Å². The van der Waals surface area contributed by atoms with E-state index in [0.717, 1.165) is 25.7 Å². The summed E-state index contributed by atoms with van der Waals surface area (Å²) in [5.74, 6) is 0. The van der Waals surface area contributed by atoms with Crippen molar-refractivity contribution in [2.75, 3.05) is 0 Å². The first-order valence-corrected chi connectivity index (χ1v) is 30.4. The Balaban J connectivity index is 1.16. The van der Waals surface area contributed by atoms with Gasteiger partial charge in [0, 0.05) is 43.8 Å². The summed E-state index contributed by atoms with van der Waals surface area (Å²) in [6.45, 7) is 28.8. The van der Waals surface area contributed by atoms with Crippen molar-refractivity contribution in [3.63, 3.8) is 0 Å². The van der Waals surface area contributed by atoms with Crippen LogP contribution >= 0.6 is 0 Å². The lowest BCUT2D eigenvalue weighted by molar-refractivity contribution is 0.411. The van der Waals surface area contributed by atoms with E-state index in [-0.39, 0.29) is 28.4 Å². The fourth-order valence-electron chi connectivity index (χ4n) is 16.5. The average molecular weight is 1060 g/mol. The van der Waals surface area contributed by atoms with Gasteiger partial charge in [-0.2, -0.15) is 0 Å². The standard InChI is InChI=1S/C79H73BN2/c1-75(2,3)42-46-29-32-68-57(33-46)58-35-48(44-77(7,8)9)38-66-71(58)81(68)73-61(54-26-20-23-52-40-51(30-31-53(52)54)50-21-14-13-15-22-50)41-65-74-69(73)80(66)67-39-49(45-78(10,11)12)36-60-59-34-47(43-76(4,5)6)37-64(70(59)82(74)72(60)67)79(65)62-27-18-16-24-55(62)56-25-17-19-28-63(56)79/h13-41H,42-45H2,1-12H3. The van der Waals surface area contributed by atoms with Crippen LogP contribution < -0.4 is 16.4 Å². The fourth-order valence-corrected chi connectivity index (χ4v) is 16.5. The van der Waals surface area contributed by atoms with E-state index in [1.165, 1.54) is 160 Å². The highest BCUT2D eigenvalue weighted by molar-refractivity contribution is 7.00. The van der Waals surface area contributed by atoms with Crippen LogP contribution in [0.4, 0.5) is 0 Å². The number of fused-ring (bicyclic) bond motifs is 15. The van der Waals surface area contributed by atoms with Gasteiger partial charge in [-0.3, -0.25) is 0 Å². The summed E-state index contributed by atoms with van der Waals surface area (Å²) in [4.78, 5) is 0. The third-order valence-electron chi connectivity index (χ3n) is 18.8. The Kier molecular flexibility index (Phi) is 10.1. The van der Waals surface area contributed by atoms with Gasteiger partial charge in [0.05, 0.1) is 22.1 Å². The summed E-state index contributed by atoms with van der Waals surface area (Å²) in [5.41, 5.74) is 31.1. The molecule has 0 bridgehead atoms. The highest BCUT2D eigenvalue weighted by Gasteiger charge is 2.55. The maximum Gasteiger partial charge on any atom is 0.252 e. The molecule has 0 N–H and O–H groups in total. The molecule has 3 heteroatoms. The van der Waals surface area contributed by atoms with E-state index in [4.69, 9.17) is 0 Å². The summed E-state index contributed by atoms with van der Waals surface area (Å²) in [6.07, 6.45) is 3.95. The van der Waals surface area contributed by atoms with Crippen molar-refractivity contribution in [3.05, 3.63) is 220 Å². The summed E-state index contributed by atoms with van der Waals surface area (Å²) in [6, 6.07) is 70.4. The van der Waals surface area contributed by atoms with Crippen molar-refractivity contribution < 1.29 is 0 Å². The number of benzene rings is 10. The van der Waals surface area contributed by atoms with E-state index in [1.807, 2.05) is 0 Å². The Labute approximate surface area is 484 Å². The van der Waals surface area contributed by atoms with Gasteiger partial charge in [0.25, 0.3) is 6.71 Å². The number of rotatable bonds is 6. The number of hydrogen-bond acceptors (Lipinski definition) is 0. The van der Waals surface area contributed by atoms with Gasteiger partial charge < -0.3 is 9.13 Å². The molecule has 3 aliphatic heterocycles. The Bertz CT molecular complexity index is 4730. The summed E-state index contributed by atoms with van der Waals surface area (Å²) >= 11 is 0. The number of nitrogens with zero attached hydrogens (tertiary/aromatic N) is 2. The zero-order chi connectivity index (χ0) is 56.3. The molecule has 1 aliphatic carbocycles. The van der Waals surface area contributed by atoms with E-state index in [0.29, 0.717) is 0 Å². The zero-order valence-electron chi connectivity index (χ0n) is 50.0. The minimum atomic E-state index is -0.630. The highest BCUT2D eigenvalue weighted by atomic mass is 15.1. The van der Waals surface area contributed by atoms with Gasteiger partial charge in [-0.25, -0.2) is 0 Å². The van der Waals surface area contributed by atoms with Gasteiger partial charge in [-0.05, 0) is 189 Å². The molecule has 402 valence electrons. The van der Waals surface area contributed by atoms with Crippen LogP contribution in [-0.4, -0.2) is 15.8 Å². The molecule has 10 aromatic carbocycles. The van der Waals surface area contributed by atoms with E-state index in [9.17, 15) is 0 Å². The van der Waals surface area contributed by atoms with Crippen molar-refractivity contribution in [2.24, 2.45) is 21.7 Å². The SMILES string of the molecule is CC(C)(C)Cc1ccc2c(c1)c1cc(CC(C)(C)C)cc3c1n2-c1c(-c2cccc4cc(-c5ccccc5)ccc24)cc2c4c1B3c1cc(CC(C)(C)C)cc3c5cc(CC(C)(C)C)cc(c5n-4c13)C21c2ccccc2-c2ccccc21. The third-order valence-corrected chi connectivity index (χ3v) is 18.8. The van der Waals surface area contributed by atoms with Crippen LogP contribution in [0.3, 0.4) is 0 Å². The molecule has 5 heterocycles. The van der Waals surface area contributed by atoms with Crippen LogP contribution in [0, 0.1) is 21.7 Å². The molecule has 0 fully saturated rings. The Morgan fingerprint density at radius 1 is 0.341 bits per heavy atom. The van der Waals surface area contributed by atoms with Crippen LogP contribution in [0.2, 0.25) is 0 Å². The Hall–Kier alpha value is -7.88. The molecule has 0 unspecified atom stereocenters. The molecule has 0 atom stereocenters. The first-order valence-electron chi connectivity index (χ1n) is 30.4. The lowest BCUT2D eigenvalue weighted by Crippen LogP contribution is -2.61. The molecular formula is C79H73BN2. The fraction of sp³-hybridized carbons (Fsp3) is 0.266. The van der Waals surface area contributed by atoms with Crippen LogP contribution in [0.5, 0.6) is 0 Å². The van der Waals surface area contributed by atoms with Crippen LogP contribution in [0.15, 0.2) is 176 Å². The van der Waals surface area contributed by atoms with Gasteiger partial charge in [-0.15, -0.1) is 0 Å². The predicted molar refractivity (Wildman–Crippen MR) is 352 cm³/mol. The topological polar surface area (TPSA) is 9.86 Å². The quantitative estimate of drug-likeness (QED) is 0.147. The van der Waals surface area contributed by atoms with Crippen LogP contribution in [-0.2, 0) is 31.1 Å². The molecule has 0 amide bonds. The van der Waals surface area contributed by atoms with E-state index in [1.54, 1.807) is 0 Å². The molecule has 12 aromatic rings. The van der Waals surface area contributed by atoms with Gasteiger partial charge in [0.15, 0.2) is 0 Å². The molecule has 4 aliphatic rings. The van der Waals surface area contributed by atoms with Gasteiger partial charge >= 0.3 is 0 Å². The van der Waals surface area contributed by atoms with E-state index >= 15 is 0 Å². The van der Waals surface area contributed by atoms with E-state index < -0.39 is 5.41 Å². The Morgan fingerprint density at radius 2 is 0.866 bits per heavy atom. The van der Waals surface area contributed by atoms with Crippen molar-refractivity contribution in [3.8, 4) is 44.8 Å². The lowest BCUT2D eigenvalue weighted by Gasteiger charge is -2.45. The smallest absolute Gasteiger partial charge is 0.252 e. The van der Waals surface area contributed by atoms with Gasteiger partial charge in [-0.1, -0.05) is 217 Å². The second kappa shape index (κ2) is 16.7. The average Bonchev–Trinajstić information content (AvgIpc) is 1.39. The third kappa shape index (κ3) is 7.14. The largest absolute Gasteiger partial charge is 0.310 e. The van der Waals surface area contributed by atoms with Crippen LogP contribution in [0.25, 0.3) is 99.1 Å². The maximum atomic E-state index is 2.84. The predicted octanol–water partition coefficient (Wildman–Crippen LogP) is 18.5. The zero-order valence-corrected chi connectivity index (χ0v) is 50.0. The molecular weight excluding hydrogens is 988 g/mol. The van der Waals surface area contributed by atoms with Crippen molar-refractivity contribution in [2.45, 2.75) is 114 Å². The Morgan fingerprint density at radius 3 is 1.49 bits per heavy atom. The molecule has 2 nitrogen and oxygen atoms in total. The molecule has 1 spiro atoms. The molecule has 0 saturated carbocycles. The minimum absolute atomic E-state index is 0.0459. The van der Waals surface area contributed by atoms with Crippen molar-refractivity contribution in [1.82, 2.24) is 9.13 Å². The monoisotopic (exact) mass is 1060 g/mol. The molecule has 0 saturated heterocycles. The van der Waals surface area contributed by atoms with Crippen molar-refractivity contribution in [1.29, 1.82) is 0 Å². The first-order chi connectivity index (χ1) is 39.1. The number of hydrogen-bond donors (Lipinski definition) is 0. The molecule has 0 radical (unpaired) electrons. The second-order valence-corrected chi connectivity index (χ2v) is 30.1. The van der Waals surface area contributed by atoms with Crippen LogP contribution in [0.1, 0.15) is 128 Å². The maximum absolute atomic E-state index is 2.84. The molecule has 16 rings (SSSR count). The van der Waals surface area contributed by atoms with E-state index in [2.05, 4.69) is 268 Å². The highest BCUT2D eigenvalue weighted by Crippen LogP contribution is 2.63. The summed E-state index contributed by atoms with van der Waals surface area (Å²) < 4.78 is 5.62. The van der Waals surface area contributed by atoms with Crippen molar-refractivity contribution >= 4 is 77.5 Å². The normalized spacial score (nSPS) is 14.6. The summed E-state index contributed by atoms with van der Waals surface area (Å²) in [5, 5.41) is 8.03. The second-order valence-electron chi connectivity index (χ2n) is 30.1. The molecule has 82 heavy (non-hydrogen) atoms. The number of aromatic nitrogens is 2. The molecule has 2 aromatic heterocycles. The first kappa shape index (κ1) is 49.9.